The van der Waals surface area contributed by atoms with Crippen molar-refractivity contribution in [3.8, 4) is 136 Å². The summed E-state index contributed by atoms with van der Waals surface area (Å²) in [6.45, 7) is 14.0. The summed E-state index contributed by atoms with van der Waals surface area (Å²) in [5.41, 5.74) is 38.4. The van der Waals surface area contributed by atoms with Crippen LogP contribution in [-0.4, -0.2) is 53.2 Å². The highest BCUT2D eigenvalue weighted by atomic mass is 15.2. The highest BCUT2D eigenvalue weighted by Crippen LogP contribution is 2.55. The Hall–Kier alpha value is -17.7. The quantitative estimate of drug-likeness (QED) is 0.127. The predicted molar refractivity (Wildman–Crippen MR) is 572 cm³/mol. The van der Waals surface area contributed by atoms with Crippen LogP contribution in [0.5, 0.6) is 0 Å². The lowest BCUT2D eigenvalue weighted by Crippen LogP contribution is -2.15. The van der Waals surface area contributed by atoms with Gasteiger partial charge in [-0.25, -0.2) is 34.9 Å². The van der Waals surface area contributed by atoms with Crippen molar-refractivity contribution in [2.45, 2.75) is 57.8 Å². The van der Waals surface area contributed by atoms with E-state index in [0.29, 0.717) is 29.2 Å². The Balaban J connectivity index is 0.000000108. The Morgan fingerprint density at radius 3 is 0.892 bits per heavy atom. The van der Waals surface area contributed by atoms with Crippen LogP contribution >= 0.6 is 0 Å². The molecule has 0 radical (unpaired) electrons. The van der Waals surface area contributed by atoms with Crippen LogP contribution in [0, 0.1) is 0 Å². The molecule has 18 aromatic carbocycles. The van der Waals surface area contributed by atoms with E-state index < -0.39 is 0 Å². The second kappa shape index (κ2) is 32.3. The van der Waals surface area contributed by atoms with Gasteiger partial charge in [-0.1, -0.05) is 351 Å². The van der Waals surface area contributed by atoms with Gasteiger partial charge in [0.25, 0.3) is 0 Å². The number of nitrogens with zero attached hydrogens (tertiary/aromatic N) is 11. The zero-order valence-electron chi connectivity index (χ0n) is 77.6. The summed E-state index contributed by atoms with van der Waals surface area (Å²) in [5, 5.41) is 9.96. The number of aromatic nitrogens is 11. The number of rotatable bonds is 11. The fourth-order valence-electron chi connectivity index (χ4n) is 22.5. The average molecular weight is 1780 g/mol. The maximum atomic E-state index is 5.24. The van der Waals surface area contributed by atoms with Crippen LogP contribution in [0.2, 0.25) is 0 Å². The van der Waals surface area contributed by atoms with Gasteiger partial charge in [-0.15, -0.1) is 0 Å². The molecule has 0 amide bonds. The van der Waals surface area contributed by atoms with Crippen molar-refractivity contribution >= 4 is 87.2 Å². The molecule has 7 aromatic heterocycles. The first-order valence-electron chi connectivity index (χ1n) is 47.7. The van der Waals surface area contributed by atoms with Crippen molar-refractivity contribution in [1.82, 2.24) is 53.2 Å². The highest BCUT2D eigenvalue weighted by molar-refractivity contribution is 6.15. The molecule has 11 heteroatoms. The molecule has 3 aliphatic carbocycles. The molecule has 658 valence electrons. The summed E-state index contributed by atoms with van der Waals surface area (Å²) >= 11 is 0. The highest BCUT2D eigenvalue weighted by Gasteiger charge is 2.40. The Morgan fingerprint density at radius 2 is 0.475 bits per heavy atom. The fraction of sp³-hybridized carbons (Fsp3) is 0.0703. The van der Waals surface area contributed by atoms with E-state index in [1.165, 1.54) is 143 Å². The van der Waals surface area contributed by atoms with Crippen LogP contribution < -0.4 is 0 Å². The normalized spacial score (nSPS) is 13.3. The summed E-state index contributed by atoms with van der Waals surface area (Å²) < 4.78 is 9.39. The number of hydrogen-bond donors (Lipinski definition) is 0. The number of hydrogen-bond acceptors (Lipinski definition) is 7. The number of fused-ring (bicyclic) bond motifs is 21. The number of para-hydroxylation sites is 5. The third kappa shape index (κ3) is 13.4. The van der Waals surface area contributed by atoms with Gasteiger partial charge in [-0.05, 0) is 194 Å². The third-order valence-corrected chi connectivity index (χ3v) is 29.3. The first kappa shape index (κ1) is 82.0. The maximum absolute atomic E-state index is 5.24. The summed E-state index contributed by atoms with van der Waals surface area (Å²) in [5.74, 6) is 3.34. The molecule has 0 bridgehead atoms. The standard InChI is InChI=1S/C43H30N4.C43H31N3.C42H30N4/c1-43(2)35-18-7-3-14-29(35)33-25-34-32-17-6-10-21-40(32)47(41(34)26-36(33)43)42-44-23-22-37(45-42)27-12-11-13-28(24-27)46-38-19-8-4-15-30(38)31-16-5-9-20-39(31)46;1-43(2)36-19-11-9-17-32(36)34-25-35-33-18-10-12-20-40(33)46(41(35)26-37(34)43)31-23-21-30(22-24-31)42-44-38(28-13-5-3-6-14-28)27-39(45-42)29-15-7-4-8-16-29;1-42(2)35-22-11-9-20-31(35)33-25-34-32-21-10-12-23-37(32)46(38(34)26-36(33)42)30-19-13-18-29(24-30)41-44-39(27-14-5-3-6-15-27)43-40(45-41)28-16-7-4-8-17-28/h3-26H,1-2H3;3-27H,1-2H3;3-26H,1-2H3. The Bertz CT molecular complexity index is 9110. The van der Waals surface area contributed by atoms with E-state index in [2.05, 4.69) is 418 Å². The van der Waals surface area contributed by atoms with E-state index in [9.17, 15) is 0 Å². The van der Waals surface area contributed by atoms with Crippen molar-refractivity contribution in [1.29, 1.82) is 0 Å². The monoisotopic (exact) mass is 1780 g/mol. The molecular formula is C128H91N11. The van der Waals surface area contributed by atoms with E-state index in [-0.39, 0.29) is 16.2 Å². The molecule has 0 saturated heterocycles. The second-order valence-electron chi connectivity index (χ2n) is 38.3. The molecule has 7 heterocycles. The molecule has 0 spiro atoms. The van der Waals surface area contributed by atoms with Crippen LogP contribution in [-0.2, 0) is 16.2 Å². The first-order chi connectivity index (χ1) is 68.2. The summed E-state index contributed by atoms with van der Waals surface area (Å²) in [7, 11) is 0. The van der Waals surface area contributed by atoms with Crippen molar-refractivity contribution in [2.75, 3.05) is 0 Å². The van der Waals surface area contributed by atoms with Crippen molar-refractivity contribution in [2.24, 2.45) is 0 Å². The Morgan fingerprint density at radius 1 is 0.173 bits per heavy atom. The summed E-state index contributed by atoms with van der Waals surface area (Å²) in [6, 6.07) is 155. The molecule has 0 aliphatic heterocycles. The van der Waals surface area contributed by atoms with E-state index in [4.69, 9.17) is 34.9 Å². The molecule has 25 aromatic rings. The zero-order valence-corrected chi connectivity index (χ0v) is 77.6. The lowest BCUT2D eigenvalue weighted by Gasteiger charge is -2.21. The molecule has 0 unspecified atom stereocenters. The van der Waals surface area contributed by atoms with Gasteiger partial charge in [0, 0.05) is 122 Å². The van der Waals surface area contributed by atoms with Gasteiger partial charge >= 0.3 is 0 Å². The maximum Gasteiger partial charge on any atom is 0.235 e. The molecule has 0 saturated carbocycles. The molecule has 3 aliphatic rings. The third-order valence-electron chi connectivity index (χ3n) is 29.3. The topological polar surface area (TPSA) is 110 Å². The predicted octanol–water partition coefficient (Wildman–Crippen LogP) is 31.8. The van der Waals surface area contributed by atoms with Crippen LogP contribution in [0.15, 0.2) is 443 Å². The van der Waals surface area contributed by atoms with Gasteiger partial charge in [0.1, 0.15) is 0 Å². The van der Waals surface area contributed by atoms with Crippen molar-refractivity contribution in [3.05, 3.63) is 476 Å². The van der Waals surface area contributed by atoms with E-state index in [1.54, 1.807) is 0 Å². The van der Waals surface area contributed by atoms with Gasteiger partial charge in [-0.3, -0.25) is 4.57 Å². The number of benzene rings is 18. The second-order valence-corrected chi connectivity index (χ2v) is 38.3. The Labute approximate surface area is 804 Å². The molecule has 0 fully saturated rings. The summed E-state index contributed by atoms with van der Waals surface area (Å²) in [6.07, 6.45) is 1.89. The molecule has 139 heavy (non-hydrogen) atoms. The van der Waals surface area contributed by atoms with Crippen LogP contribution in [0.4, 0.5) is 0 Å². The summed E-state index contributed by atoms with van der Waals surface area (Å²) in [4.78, 5) is 35.1. The SMILES string of the molecule is CC1(C)c2ccccc2-c2cc3c4ccccc4n(-c4ccc(-c5nc(-c6ccccc6)cc(-c6ccccc6)n5)cc4)c3cc21.CC1(C)c2ccccc2-c2cc3c4ccccc4n(-c4cccc(-c5nc(-c6ccccc6)nc(-c6ccccc6)n5)c4)c3cc21.CC1(C)c2ccccc2-c2cc3c4ccccc4n(-c4nccc(-c5cccc(-n6c7ccccc7c7ccccc76)c5)n4)c3cc21. The fourth-order valence-corrected chi connectivity index (χ4v) is 22.5. The average Bonchev–Trinajstić information content (AvgIpc) is 1.55. The molecule has 0 atom stereocenters. The van der Waals surface area contributed by atoms with E-state index >= 15 is 0 Å². The smallest absolute Gasteiger partial charge is 0.235 e. The van der Waals surface area contributed by atoms with Gasteiger partial charge in [0.05, 0.1) is 61.2 Å². The van der Waals surface area contributed by atoms with Crippen LogP contribution in [0.1, 0.15) is 74.9 Å². The molecule has 28 rings (SSSR count). The minimum absolute atomic E-state index is 0.0666. The van der Waals surface area contributed by atoms with Crippen molar-refractivity contribution < 1.29 is 0 Å². The van der Waals surface area contributed by atoms with Crippen LogP contribution in [0.3, 0.4) is 0 Å². The largest absolute Gasteiger partial charge is 0.309 e. The molecule has 0 N–H and O–H groups in total. The van der Waals surface area contributed by atoms with Crippen molar-refractivity contribution in [3.63, 3.8) is 0 Å². The van der Waals surface area contributed by atoms with Gasteiger partial charge in [-0.2, -0.15) is 0 Å². The van der Waals surface area contributed by atoms with Crippen LogP contribution in [0.25, 0.3) is 223 Å². The molecular weight excluding hydrogens is 1690 g/mol. The van der Waals surface area contributed by atoms with Gasteiger partial charge in [0.2, 0.25) is 5.95 Å². The van der Waals surface area contributed by atoms with E-state index in [1.807, 2.05) is 85.1 Å². The molecule has 11 nitrogen and oxygen atoms in total. The Kier molecular flexibility index (Phi) is 19.1. The van der Waals surface area contributed by atoms with Gasteiger partial charge in [0.15, 0.2) is 23.3 Å². The minimum Gasteiger partial charge on any atom is -0.309 e. The lowest BCUT2D eigenvalue weighted by molar-refractivity contribution is 0.661. The van der Waals surface area contributed by atoms with Gasteiger partial charge < -0.3 is 13.7 Å². The minimum atomic E-state index is -0.0998. The van der Waals surface area contributed by atoms with E-state index in [0.717, 1.165) is 84.1 Å². The zero-order chi connectivity index (χ0) is 92.9. The first-order valence-corrected chi connectivity index (χ1v) is 47.7. The lowest BCUT2D eigenvalue weighted by atomic mass is 9.82.